The average Bonchev–Trinajstić information content (AvgIpc) is 3.74. The van der Waals surface area contributed by atoms with Gasteiger partial charge in [0.25, 0.3) is 0 Å². The van der Waals surface area contributed by atoms with Crippen LogP contribution < -0.4 is 0 Å². The molecule has 0 amide bonds. The van der Waals surface area contributed by atoms with E-state index in [1.54, 1.807) is 0 Å². The topological polar surface area (TPSA) is 35.6 Å². The van der Waals surface area contributed by atoms with E-state index in [9.17, 15) is 0 Å². The fourth-order valence-corrected chi connectivity index (χ4v) is 9.45. The molecule has 270 valence electrons. The Kier molecular flexibility index (Phi) is 7.04. The molecular formula is C52H42N4. The molecule has 0 N–H and O–H groups in total. The molecule has 0 saturated carbocycles. The zero-order valence-corrected chi connectivity index (χ0v) is 32.2. The Morgan fingerprint density at radius 2 is 0.768 bits per heavy atom. The zero-order chi connectivity index (χ0) is 37.8. The summed E-state index contributed by atoms with van der Waals surface area (Å²) in [4.78, 5) is 10.5. The molecule has 0 fully saturated rings. The molecule has 4 heteroatoms. The Morgan fingerprint density at radius 3 is 1.23 bits per heavy atom. The van der Waals surface area contributed by atoms with Crippen LogP contribution in [-0.4, -0.2) is 19.1 Å². The molecule has 56 heavy (non-hydrogen) atoms. The van der Waals surface area contributed by atoms with Crippen molar-refractivity contribution in [1.29, 1.82) is 0 Å². The highest BCUT2D eigenvalue weighted by Crippen LogP contribution is 2.48. The minimum absolute atomic E-state index is 0.122. The van der Waals surface area contributed by atoms with Gasteiger partial charge in [-0.3, -0.25) is 0 Å². The van der Waals surface area contributed by atoms with E-state index in [-0.39, 0.29) is 10.8 Å². The van der Waals surface area contributed by atoms with Crippen LogP contribution in [0, 0.1) is 0 Å². The van der Waals surface area contributed by atoms with Gasteiger partial charge in [-0.1, -0.05) is 119 Å². The van der Waals surface area contributed by atoms with Crippen molar-refractivity contribution in [2.45, 2.75) is 51.4 Å². The van der Waals surface area contributed by atoms with Gasteiger partial charge in [-0.15, -0.1) is 0 Å². The lowest BCUT2D eigenvalue weighted by molar-refractivity contribution is 0.332. The highest BCUT2D eigenvalue weighted by Gasteiger charge is 2.38. The van der Waals surface area contributed by atoms with E-state index >= 15 is 0 Å². The van der Waals surface area contributed by atoms with Crippen molar-refractivity contribution in [2.75, 3.05) is 0 Å². The van der Waals surface area contributed by atoms with Crippen molar-refractivity contribution in [3.63, 3.8) is 0 Å². The zero-order valence-electron chi connectivity index (χ0n) is 32.2. The van der Waals surface area contributed by atoms with E-state index in [0.717, 1.165) is 44.9 Å². The number of aromatic nitrogens is 4. The molecule has 0 aliphatic heterocycles. The van der Waals surface area contributed by atoms with Crippen LogP contribution in [0.15, 0.2) is 158 Å². The van der Waals surface area contributed by atoms with Crippen LogP contribution in [0.4, 0.5) is 0 Å². The maximum Gasteiger partial charge on any atom is 0.0973 e. The van der Waals surface area contributed by atoms with Crippen molar-refractivity contribution in [1.82, 2.24) is 19.1 Å². The Balaban J connectivity index is 1.04. The molecular weight excluding hydrogens is 681 g/mol. The monoisotopic (exact) mass is 722 g/mol. The van der Waals surface area contributed by atoms with E-state index in [4.69, 9.17) is 9.97 Å². The number of nitrogens with zero attached hydrogens (tertiary/aromatic N) is 4. The van der Waals surface area contributed by atoms with Gasteiger partial charge in [0, 0.05) is 44.0 Å². The summed E-state index contributed by atoms with van der Waals surface area (Å²) >= 11 is 0. The van der Waals surface area contributed by atoms with Crippen molar-refractivity contribution in [3.05, 3.63) is 169 Å². The first-order chi connectivity index (χ1) is 27.2. The molecule has 0 radical (unpaired) electrons. The number of hydrogen-bond donors (Lipinski definition) is 0. The van der Waals surface area contributed by atoms with Crippen LogP contribution in [0.1, 0.15) is 51.7 Å². The predicted octanol–water partition coefficient (Wildman–Crippen LogP) is 13.5. The first kappa shape index (κ1) is 32.9. The molecule has 1 aliphatic rings. The fraction of sp³-hybridized carbons (Fsp3) is 0.154. The lowest BCUT2D eigenvalue weighted by Gasteiger charge is -2.42. The van der Waals surface area contributed by atoms with Gasteiger partial charge in [0.05, 0.1) is 44.5 Å². The van der Waals surface area contributed by atoms with Crippen LogP contribution in [0.5, 0.6) is 0 Å². The summed E-state index contributed by atoms with van der Waals surface area (Å²) in [6.45, 7) is 9.65. The Morgan fingerprint density at radius 1 is 0.393 bits per heavy atom. The number of para-hydroxylation sites is 5. The SMILES string of the molecule is CC1(C)CCC(C)(C)c2cc3c(cc21)c1ccccc1n3-c1ccc(-c2nc3ccccc3nc2-c2ccc(-n3c4ccccc4c4ccccc43)cc2)cc1. The first-order valence-electron chi connectivity index (χ1n) is 19.8. The van der Waals surface area contributed by atoms with Crippen LogP contribution >= 0.6 is 0 Å². The normalized spacial score (nSPS) is 14.9. The highest BCUT2D eigenvalue weighted by atomic mass is 15.0. The van der Waals surface area contributed by atoms with Gasteiger partial charge in [0.2, 0.25) is 0 Å². The number of fused-ring (bicyclic) bond motifs is 8. The minimum atomic E-state index is 0.122. The summed E-state index contributed by atoms with van der Waals surface area (Å²) in [5, 5.41) is 5.12. The molecule has 10 aromatic rings. The predicted molar refractivity (Wildman–Crippen MR) is 234 cm³/mol. The third kappa shape index (κ3) is 4.91. The third-order valence-electron chi connectivity index (χ3n) is 12.6. The summed E-state index contributed by atoms with van der Waals surface area (Å²) in [7, 11) is 0. The lowest BCUT2D eigenvalue weighted by atomic mass is 9.63. The Labute approximate surface area is 326 Å². The van der Waals surface area contributed by atoms with E-state index < -0.39 is 0 Å². The molecule has 3 heterocycles. The van der Waals surface area contributed by atoms with Crippen molar-refractivity contribution in [2.24, 2.45) is 0 Å². The molecule has 11 rings (SSSR count). The standard InChI is InChI=1S/C52H42N4/c1-51(2)29-30-52(3,4)42-32-48-40(31-41(42)51)39-15-7-12-20-47(39)56(48)36-27-23-34(24-28-36)50-49(53-43-16-8-9-17-44(43)54-50)33-21-25-35(26-22-33)55-45-18-10-5-13-37(45)38-14-6-11-19-46(38)55/h5-28,31-32H,29-30H2,1-4H3. The van der Waals surface area contributed by atoms with Crippen LogP contribution in [0.25, 0.3) is 88.5 Å². The van der Waals surface area contributed by atoms with Gasteiger partial charge in [0.15, 0.2) is 0 Å². The molecule has 0 unspecified atom stereocenters. The van der Waals surface area contributed by atoms with Crippen LogP contribution in [0.3, 0.4) is 0 Å². The second-order valence-electron chi connectivity index (χ2n) is 16.9. The number of rotatable bonds is 4. The molecule has 0 spiro atoms. The summed E-state index contributed by atoms with van der Waals surface area (Å²) in [6.07, 6.45) is 2.38. The lowest BCUT2D eigenvalue weighted by Crippen LogP contribution is -2.33. The van der Waals surface area contributed by atoms with E-state index in [1.807, 2.05) is 12.1 Å². The van der Waals surface area contributed by atoms with Gasteiger partial charge in [-0.05, 0) is 102 Å². The summed E-state index contributed by atoms with van der Waals surface area (Å²) < 4.78 is 4.80. The van der Waals surface area contributed by atoms with Crippen LogP contribution in [-0.2, 0) is 10.8 Å². The average molecular weight is 723 g/mol. The summed E-state index contributed by atoms with van der Waals surface area (Å²) in [6, 6.07) is 57.1. The molecule has 0 saturated heterocycles. The first-order valence-corrected chi connectivity index (χ1v) is 19.8. The van der Waals surface area contributed by atoms with Gasteiger partial charge in [0.1, 0.15) is 0 Å². The van der Waals surface area contributed by atoms with Crippen molar-refractivity contribution < 1.29 is 0 Å². The second-order valence-corrected chi connectivity index (χ2v) is 16.9. The third-order valence-corrected chi connectivity index (χ3v) is 12.6. The fourth-order valence-electron chi connectivity index (χ4n) is 9.45. The molecule has 7 aromatic carbocycles. The minimum Gasteiger partial charge on any atom is -0.309 e. The molecule has 3 aromatic heterocycles. The van der Waals surface area contributed by atoms with Gasteiger partial charge in [-0.2, -0.15) is 0 Å². The van der Waals surface area contributed by atoms with Gasteiger partial charge < -0.3 is 9.13 Å². The number of benzene rings is 7. The maximum atomic E-state index is 5.27. The smallest absolute Gasteiger partial charge is 0.0973 e. The highest BCUT2D eigenvalue weighted by molar-refractivity contribution is 6.10. The van der Waals surface area contributed by atoms with Crippen LogP contribution in [0.2, 0.25) is 0 Å². The molecule has 4 nitrogen and oxygen atoms in total. The summed E-state index contributed by atoms with van der Waals surface area (Å²) in [5.41, 5.74) is 16.0. The quantitative estimate of drug-likeness (QED) is 0.181. The molecule has 1 aliphatic carbocycles. The molecule has 0 atom stereocenters. The largest absolute Gasteiger partial charge is 0.309 e. The number of hydrogen-bond acceptors (Lipinski definition) is 2. The Bertz CT molecular complexity index is 3120. The maximum absolute atomic E-state index is 5.27. The van der Waals surface area contributed by atoms with Crippen molar-refractivity contribution >= 4 is 54.6 Å². The molecule has 0 bridgehead atoms. The Hall–Kier alpha value is -6.52. The second kappa shape index (κ2) is 12.0. The van der Waals surface area contributed by atoms with E-state index in [1.165, 1.54) is 67.6 Å². The van der Waals surface area contributed by atoms with Gasteiger partial charge >= 0.3 is 0 Å². The van der Waals surface area contributed by atoms with E-state index in [0.29, 0.717) is 0 Å². The van der Waals surface area contributed by atoms with Crippen molar-refractivity contribution in [3.8, 4) is 33.9 Å². The summed E-state index contributed by atoms with van der Waals surface area (Å²) in [5.74, 6) is 0. The van der Waals surface area contributed by atoms with Gasteiger partial charge in [-0.25, -0.2) is 9.97 Å². The van der Waals surface area contributed by atoms with E-state index in [2.05, 4.69) is 182 Å².